The molecule has 1 atom stereocenters. The van der Waals surface area contributed by atoms with E-state index in [1.165, 1.54) is 31.4 Å². The van der Waals surface area contributed by atoms with E-state index in [-0.39, 0.29) is 31.1 Å². The Morgan fingerprint density at radius 1 is 1.07 bits per heavy atom. The fraction of sp³-hybridized carbons (Fsp3) is 0.333. The predicted octanol–water partition coefficient (Wildman–Crippen LogP) is 3.65. The molecule has 0 aromatic heterocycles. The summed E-state index contributed by atoms with van der Waals surface area (Å²) in [6.45, 7) is -0.959. The van der Waals surface area contributed by atoms with Crippen LogP contribution in [0.2, 0.25) is 0 Å². The highest BCUT2D eigenvalue weighted by molar-refractivity contribution is 5.80. The minimum Gasteiger partial charge on any atom is -0.497 e. The molecule has 0 saturated carbocycles. The zero-order valence-corrected chi connectivity index (χ0v) is 16.2. The lowest BCUT2D eigenvalue weighted by Gasteiger charge is -2.19. The Bertz CT molecular complexity index is 811. The van der Waals surface area contributed by atoms with Crippen LogP contribution in [0, 0.1) is 0 Å². The number of halogens is 2. The Morgan fingerprint density at radius 2 is 1.79 bits per heavy atom. The monoisotopic (exact) mass is 407 g/mol. The number of rotatable bonds is 10. The number of hydrogen-bond donors (Lipinski definition) is 1. The van der Waals surface area contributed by atoms with Crippen LogP contribution in [0.3, 0.4) is 0 Å². The normalized spacial score (nSPS) is 11.6. The van der Waals surface area contributed by atoms with Crippen molar-refractivity contribution in [2.45, 2.75) is 32.4 Å². The van der Waals surface area contributed by atoms with Gasteiger partial charge in [0.05, 0.1) is 32.6 Å². The van der Waals surface area contributed by atoms with Crippen LogP contribution < -0.4 is 14.8 Å². The zero-order chi connectivity index (χ0) is 21.2. The Labute approximate surface area is 167 Å². The molecule has 1 N–H and O–H groups in total. The molecule has 2 aromatic rings. The smallest absolute Gasteiger partial charge is 0.387 e. The van der Waals surface area contributed by atoms with E-state index >= 15 is 0 Å². The molecule has 2 aromatic carbocycles. The number of nitrogens with one attached hydrogen (secondary N) is 1. The van der Waals surface area contributed by atoms with Gasteiger partial charge in [0, 0.05) is 0 Å². The van der Waals surface area contributed by atoms with Gasteiger partial charge >= 0.3 is 12.6 Å². The zero-order valence-electron chi connectivity index (χ0n) is 16.2. The molecule has 6 nitrogen and oxygen atoms in total. The van der Waals surface area contributed by atoms with Gasteiger partial charge in [0.25, 0.3) is 0 Å². The molecule has 0 radical (unpaired) electrons. The summed E-state index contributed by atoms with van der Waals surface area (Å²) in [7, 11) is 1.53. The number of methoxy groups -OCH3 is 1. The molecule has 0 heterocycles. The molecule has 0 aliphatic carbocycles. The van der Waals surface area contributed by atoms with E-state index in [0.717, 1.165) is 0 Å². The van der Waals surface area contributed by atoms with Crippen LogP contribution in [0.5, 0.6) is 11.5 Å². The van der Waals surface area contributed by atoms with Gasteiger partial charge in [-0.15, -0.1) is 0 Å². The van der Waals surface area contributed by atoms with Crippen molar-refractivity contribution in [1.82, 2.24) is 5.32 Å². The number of amides is 1. The summed E-state index contributed by atoms with van der Waals surface area (Å²) in [6.07, 6.45) is -0.0217. The number of alkyl halides is 2. The van der Waals surface area contributed by atoms with Gasteiger partial charge in [-0.3, -0.25) is 9.59 Å². The molecule has 2 rings (SSSR count). The van der Waals surface area contributed by atoms with E-state index in [9.17, 15) is 18.4 Å². The molecule has 156 valence electrons. The van der Waals surface area contributed by atoms with Crippen LogP contribution in [0.15, 0.2) is 48.5 Å². The number of hydrogen-bond acceptors (Lipinski definition) is 5. The largest absolute Gasteiger partial charge is 0.497 e. The van der Waals surface area contributed by atoms with Crippen LogP contribution in [0.25, 0.3) is 0 Å². The van der Waals surface area contributed by atoms with E-state index in [2.05, 4.69) is 10.1 Å². The summed E-state index contributed by atoms with van der Waals surface area (Å²) in [4.78, 5) is 24.5. The van der Waals surface area contributed by atoms with E-state index in [1.807, 2.05) is 0 Å². The molecule has 0 spiro atoms. The average Bonchev–Trinajstić information content (AvgIpc) is 2.69. The van der Waals surface area contributed by atoms with Crippen molar-refractivity contribution >= 4 is 11.9 Å². The lowest BCUT2D eigenvalue weighted by Crippen LogP contribution is -2.31. The summed E-state index contributed by atoms with van der Waals surface area (Å²) in [5.74, 6) is -0.153. The fourth-order valence-electron chi connectivity index (χ4n) is 2.72. The maximum absolute atomic E-state index is 12.5. The van der Waals surface area contributed by atoms with Crippen molar-refractivity contribution in [3.05, 3.63) is 59.7 Å². The van der Waals surface area contributed by atoms with Crippen LogP contribution in [0.4, 0.5) is 8.78 Å². The fourth-order valence-corrected chi connectivity index (χ4v) is 2.72. The third-order valence-corrected chi connectivity index (χ3v) is 4.02. The van der Waals surface area contributed by atoms with Gasteiger partial charge in [-0.25, -0.2) is 0 Å². The van der Waals surface area contributed by atoms with Gasteiger partial charge in [-0.05, 0) is 42.3 Å². The van der Waals surface area contributed by atoms with Gasteiger partial charge in [0.1, 0.15) is 11.5 Å². The molecule has 1 amide bonds. The van der Waals surface area contributed by atoms with Crippen molar-refractivity contribution in [3.63, 3.8) is 0 Å². The van der Waals surface area contributed by atoms with Gasteiger partial charge in [-0.1, -0.05) is 24.3 Å². The van der Waals surface area contributed by atoms with E-state index in [0.29, 0.717) is 16.9 Å². The lowest BCUT2D eigenvalue weighted by atomic mass is 10.0. The predicted molar refractivity (Wildman–Crippen MR) is 102 cm³/mol. The molecule has 0 aliphatic rings. The van der Waals surface area contributed by atoms with Gasteiger partial charge in [0.2, 0.25) is 5.91 Å². The molecule has 0 saturated heterocycles. The first-order valence-corrected chi connectivity index (χ1v) is 9.04. The Morgan fingerprint density at radius 3 is 2.41 bits per heavy atom. The second-order valence-electron chi connectivity index (χ2n) is 6.11. The number of esters is 1. The van der Waals surface area contributed by atoms with Crippen LogP contribution >= 0.6 is 0 Å². The average molecular weight is 407 g/mol. The van der Waals surface area contributed by atoms with E-state index < -0.39 is 18.6 Å². The van der Waals surface area contributed by atoms with Gasteiger partial charge in [-0.2, -0.15) is 8.78 Å². The molecule has 29 heavy (non-hydrogen) atoms. The van der Waals surface area contributed by atoms with E-state index in [4.69, 9.17) is 9.47 Å². The summed E-state index contributed by atoms with van der Waals surface area (Å²) in [5, 5.41) is 2.82. The molecular weight excluding hydrogens is 384 g/mol. The summed E-state index contributed by atoms with van der Waals surface area (Å²) in [5.41, 5.74) is 1.32. The Kier molecular flexibility index (Phi) is 8.39. The standard InChI is InChI=1S/C21H23F2NO5/c1-3-28-20(26)13-18(15-5-4-6-17(12-15)27-2)24-19(25)11-14-7-9-16(10-8-14)29-21(22)23/h4-10,12,18,21H,3,11,13H2,1-2H3,(H,24,25). The highest BCUT2D eigenvalue weighted by atomic mass is 19.3. The Balaban J connectivity index is 2.08. The maximum Gasteiger partial charge on any atom is 0.387 e. The Hall–Kier alpha value is -3.16. The number of carbonyl (C=O) groups excluding carboxylic acids is 2. The number of ether oxygens (including phenoxy) is 3. The molecule has 0 bridgehead atoms. The lowest BCUT2D eigenvalue weighted by molar-refractivity contribution is -0.143. The van der Waals surface area contributed by atoms with Crippen LogP contribution in [-0.2, 0) is 20.7 Å². The minimum atomic E-state index is -2.91. The van der Waals surface area contributed by atoms with Crippen molar-refractivity contribution in [3.8, 4) is 11.5 Å². The number of benzene rings is 2. The van der Waals surface area contributed by atoms with Gasteiger partial charge < -0.3 is 19.5 Å². The first-order valence-electron chi connectivity index (χ1n) is 9.04. The van der Waals surface area contributed by atoms with Crippen molar-refractivity contribution in [2.75, 3.05) is 13.7 Å². The molecule has 8 heteroatoms. The molecule has 0 fully saturated rings. The van der Waals surface area contributed by atoms with Crippen molar-refractivity contribution in [1.29, 1.82) is 0 Å². The highest BCUT2D eigenvalue weighted by Crippen LogP contribution is 2.23. The third-order valence-electron chi connectivity index (χ3n) is 4.02. The second-order valence-corrected chi connectivity index (χ2v) is 6.11. The summed E-state index contributed by atoms with van der Waals surface area (Å²) >= 11 is 0. The highest BCUT2D eigenvalue weighted by Gasteiger charge is 2.20. The molecule has 1 unspecified atom stereocenters. The maximum atomic E-state index is 12.5. The summed E-state index contributed by atoms with van der Waals surface area (Å²) < 4.78 is 38.9. The van der Waals surface area contributed by atoms with Crippen molar-refractivity contribution in [2.24, 2.45) is 0 Å². The number of carbonyl (C=O) groups is 2. The van der Waals surface area contributed by atoms with Crippen molar-refractivity contribution < 1.29 is 32.6 Å². The van der Waals surface area contributed by atoms with E-state index in [1.54, 1.807) is 31.2 Å². The van der Waals surface area contributed by atoms with Crippen LogP contribution in [0.1, 0.15) is 30.5 Å². The second kappa shape index (κ2) is 11.0. The first-order chi connectivity index (χ1) is 13.9. The quantitative estimate of drug-likeness (QED) is 0.609. The SMILES string of the molecule is CCOC(=O)CC(NC(=O)Cc1ccc(OC(F)F)cc1)c1cccc(OC)c1. The first kappa shape index (κ1) is 22.1. The van der Waals surface area contributed by atoms with Crippen LogP contribution in [-0.4, -0.2) is 32.2 Å². The summed E-state index contributed by atoms with van der Waals surface area (Å²) in [6, 6.07) is 12.2. The topological polar surface area (TPSA) is 73.9 Å². The minimum absolute atomic E-state index is 0.0122. The molecule has 0 aliphatic heterocycles. The molecular formula is C21H23F2NO5. The third kappa shape index (κ3) is 7.40. The van der Waals surface area contributed by atoms with Gasteiger partial charge in [0.15, 0.2) is 0 Å².